The minimum absolute atomic E-state index is 0.0537. The Morgan fingerprint density at radius 3 is 2.48 bits per heavy atom. The summed E-state index contributed by atoms with van der Waals surface area (Å²) in [5.74, 6) is -0.334. The van der Waals surface area contributed by atoms with E-state index >= 15 is 0 Å². The zero-order chi connectivity index (χ0) is 15.5. The van der Waals surface area contributed by atoms with Crippen LogP contribution in [0, 0.1) is 0 Å². The first-order chi connectivity index (χ1) is 9.91. The highest BCUT2D eigenvalue weighted by atomic mass is 16.5. The molecule has 3 N–H and O–H groups in total. The molecule has 0 spiro atoms. The topological polar surface area (TPSA) is 87.9 Å². The van der Waals surface area contributed by atoms with Crippen LogP contribution in [0.25, 0.3) is 0 Å². The Bertz CT molecular complexity index is 386. The van der Waals surface area contributed by atoms with Gasteiger partial charge in [0.05, 0.1) is 11.6 Å². The minimum atomic E-state index is -0.666. The number of nitrogens with zero attached hydrogens (tertiary/aromatic N) is 2. The van der Waals surface area contributed by atoms with Gasteiger partial charge >= 0.3 is 6.03 Å². The van der Waals surface area contributed by atoms with Crippen LogP contribution >= 0.6 is 0 Å². The summed E-state index contributed by atoms with van der Waals surface area (Å²) in [6.07, 6.45) is 2.24. The molecule has 0 bridgehead atoms. The number of carbonyl (C=O) groups is 2. The highest BCUT2D eigenvalue weighted by molar-refractivity contribution is 5.83. The first-order valence-electron chi connectivity index (χ1n) is 7.60. The number of piperazine rings is 1. The lowest BCUT2D eigenvalue weighted by atomic mass is 10.0. The Hall–Kier alpha value is -1.34. The monoisotopic (exact) mass is 298 g/mol. The summed E-state index contributed by atoms with van der Waals surface area (Å²) >= 11 is 0. The van der Waals surface area contributed by atoms with E-state index in [-0.39, 0.29) is 18.0 Å². The molecule has 0 aliphatic carbocycles. The molecule has 7 heteroatoms. The number of nitrogens with two attached hydrogens (primary N) is 1. The fourth-order valence-corrected chi connectivity index (χ4v) is 2.74. The molecule has 7 nitrogen and oxygen atoms in total. The molecule has 2 aliphatic heterocycles. The van der Waals surface area contributed by atoms with Crippen molar-refractivity contribution in [2.75, 3.05) is 39.3 Å². The van der Waals surface area contributed by atoms with Gasteiger partial charge in [-0.25, -0.2) is 4.79 Å². The fraction of sp³-hybridized carbons (Fsp3) is 0.857. The van der Waals surface area contributed by atoms with E-state index in [2.05, 4.69) is 5.32 Å². The van der Waals surface area contributed by atoms with E-state index in [4.69, 9.17) is 10.5 Å². The predicted octanol–water partition coefficient (Wildman–Crippen LogP) is -0.243. The maximum Gasteiger partial charge on any atom is 0.317 e. The Morgan fingerprint density at radius 1 is 1.29 bits per heavy atom. The van der Waals surface area contributed by atoms with Crippen LogP contribution in [0.1, 0.15) is 26.7 Å². The molecule has 2 saturated heterocycles. The number of urea groups is 1. The molecule has 3 amide bonds. The van der Waals surface area contributed by atoms with Crippen molar-refractivity contribution >= 4 is 11.9 Å². The average Bonchev–Trinajstić information content (AvgIpc) is 2.98. The van der Waals surface area contributed by atoms with Gasteiger partial charge in [-0.1, -0.05) is 0 Å². The van der Waals surface area contributed by atoms with E-state index < -0.39 is 5.54 Å². The van der Waals surface area contributed by atoms with Gasteiger partial charge in [-0.15, -0.1) is 0 Å². The van der Waals surface area contributed by atoms with E-state index in [1.54, 1.807) is 4.90 Å². The number of ether oxygens (including phenoxy) is 1. The SMILES string of the molecule is CC(C)(C(N)=O)N1CCN(C(=O)NC[C@@H]2CCCO2)CC1. The normalized spacial score (nSPS) is 24.1. The second-order valence-electron chi connectivity index (χ2n) is 6.22. The number of rotatable bonds is 4. The fourth-order valence-electron chi connectivity index (χ4n) is 2.74. The van der Waals surface area contributed by atoms with Gasteiger partial charge < -0.3 is 20.7 Å². The summed E-state index contributed by atoms with van der Waals surface area (Å²) in [5, 5.41) is 2.92. The van der Waals surface area contributed by atoms with Crippen LogP contribution in [0.2, 0.25) is 0 Å². The summed E-state index contributed by atoms with van der Waals surface area (Å²) in [4.78, 5) is 27.4. The van der Waals surface area contributed by atoms with Crippen LogP contribution in [-0.2, 0) is 9.53 Å². The Kier molecular flexibility index (Phi) is 5.05. The molecule has 2 heterocycles. The predicted molar refractivity (Wildman–Crippen MR) is 78.8 cm³/mol. The molecule has 1 atom stereocenters. The standard InChI is InChI=1S/C14H26N4O3/c1-14(2,12(15)19)18-7-5-17(6-8-18)13(20)16-10-11-4-3-9-21-11/h11H,3-10H2,1-2H3,(H2,15,19)(H,16,20)/t11-/m0/s1. The number of hydrogen-bond acceptors (Lipinski definition) is 4. The van der Waals surface area contributed by atoms with Gasteiger partial charge in [-0.3, -0.25) is 9.69 Å². The molecule has 0 saturated carbocycles. The molecule has 0 aromatic carbocycles. The summed E-state index contributed by atoms with van der Waals surface area (Å²) < 4.78 is 5.49. The van der Waals surface area contributed by atoms with E-state index in [1.807, 2.05) is 18.7 Å². The Balaban J connectivity index is 1.75. The maximum absolute atomic E-state index is 12.1. The molecule has 2 fully saturated rings. The van der Waals surface area contributed by atoms with Gasteiger partial charge in [0.2, 0.25) is 5.91 Å². The van der Waals surface area contributed by atoms with Crippen molar-refractivity contribution in [3.63, 3.8) is 0 Å². The van der Waals surface area contributed by atoms with Gasteiger partial charge in [0, 0.05) is 39.3 Å². The van der Waals surface area contributed by atoms with E-state index in [1.165, 1.54) is 0 Å². The number of primary amides is 1. The Labute approximate surface area is 125 Å². The van der Waals surface area contributed by atoms with E-state index in [0.717, 1.165) is 19.4 Å². The third kappa shape index (κ3) is 3.85. The van der Waals surface area contributed by atoms with Crippen LogP contribution in [0.5, 0.6) is 0 Å². The van der Waals surface area contributed by atoms with Crippen LogP contribution in [0.3, 0.4) is 0 Å². The molecule has 120 valence electrons. The lowest BCUT2D eigenvalue weighted by Crippen LogP contribution is -2.61. The molecule has 21 heavy (non-hydrogen) atoms. The number of nitrogens with one attached hydrogen (secondary N) is 1. The molecule has 0 aromatic rings. The van der Waals surface area contributed by atoms with E-state index in [9.17, 15) is 9.59 Å². The summed E-state index contributed by atoms with van der Waals surface area (Å²) in [6, 6.07) is -0.0537. The zero-order valence-corrected chi connectivity index (χ0v) is 12.9. The van der Waals surface area contributed by atoms with Crippen LogP contribution in [0.15, 0.2) is 0 Å². The van der Waals surface area contributed by atoms with Gasteiger partial charge in [-0.2, -0.15) is 0 Å². The summed E-state index contributed by atoms with van der Waals surface area (Å²) in [6.45, 7) is 7.53. The van der Waals surface area contributed by atoms with Gasteiger partial charge in [0.15, 0.2) is 0 Å². The van der Waals surface area contributed by atoms with Gasteiger partial charge in [0.25, 0.3) is 0 Å². The molecule has 0 radical (unpaired) electrons. The highest BCUT2D eigenvalue weighted by Gasteiger charge is 2.35. The van der Waals surface area contributed by atoms with E-state index in [0.29, 0.717) is 32.7 Å². The molecule has 2 rings (SSSR count). The highest BCUT2D eigenvalue weighted by Crippen LogP contribution is 2.16. The largest absolute Gasteiger partial charge is 0.376 e. The average molecular weight is 298 g/mol. The third-order valence-corrected chi connectivity index (χ3v) is 4.47. The number of hydrogen-bond donors (Lipinski definition) is 2. The minimum Gasteiger partial charge on any atom is -0.376 e. The van der Waals surface area contributed by atoms with Crippen molar-refractivity contribution in [1.29, 1.82) is 0 Å². The number of amides is 3. The molecule has 2 aliphatic rings. The first kappa shape index (κ1) is 16.0. The van der Waals surface area contributed by atoms with Gasteiger partial charge in [-0.05, 0) is 26.7 Å². The van der Waals surface area contributed by atoms with Crippen molar-refractivity contribution in [3.05, 3.63) is 0 Å². The van der Waals surface area contributed by atoms with Crippen molar-refractivity contribution in [3.8, 4) is 0 Å². The van der Waals surface area contributed by atoms with Crippen LogP contribution in [0.4, 0.5) is 4.79 Å². The lowest BCUT2D eigenvalue weighted by molar-refractivity contribution is -0.129. The molecule has 0 unspecified atom stereocenters. The molecule has 0 aromatic heterocycles. The number of carbonyl (C=O) groups excluding carboxylic acids is 2. The summed E-state index contributed by atoms with van der Waals surface area (Å²) in [7, 11) is 0. The van der Waals surface area contributed by atoms with Crippen molar-refractivity contribution in [2.24, 2.45) is 5.73 Å². The maximum atomic E-state index is 12.1. The third-order valence-electron chi connectivity index (χ3n) is 4.47. The lowest BCUT2D eigenvalue weighted by Gasteiger charge is -2.42. The van der Waals surface area contributed by atoms with Crippen LogP contribution in [-0.4, -0.2) is 72.7 Å². The molecular weight excluding hydrogens is 272 g/mol. The van der Waals surface area contributed by atoms with Crippen LogP contribution < -0.4 is 11.1 Å². The zero-order valence-electron chi connectivity index (χ0n) is 12.9. The Morgan fingerprint density at radius 2 is 1.95 bits per heavy atom. The smallest absolute Gasteiger partial charge is 0.317 e. The van der Waals surface area contributed by atoms with Gasteiger partial charge in [0.1, 0.15) is 0 Å². The van der Waals surface area contributed by atoms with Crippen molar-refractivity contribution < 1.29 is 14.3 Å². The van der Waals surface area contributed by atoms with Crippen molar-refractivity contribution in [2.45, 2.75) is 38.3 Å². The second-order valence-corrected chi connectivity index (χ2v) is 6.22. The second kappa shape index (κ2) is 6.62. The quantitative estimate of drug-likeness (QED) is 0.749. The summed E-state index contributed by atoms with van der Waals surface area (Å²) in [5.41, 5.74) is 4.76. The van der Waals surface area contributed by atoms with Crippen molar-refractivity contribution in [1.82, 2.24) is 15.1 Å². The first-order valence-corrected chi connectivity index (χ1v) is 7.60. The molecular formula is C14H26N4O3.